The molecule has 0 aliphatic rings. The van der Waals surface area contributed by atoms with Gasteiger partial charge in [0.25, 0.3) is 5.56 Å². The van der Waals surface area contributed by atoms with Crippen LogP contribution in [0.5, 0.6) is 0 Å². The Morgan fingerprint density at radius 2 is 2.11 bits per heavy atom. The number of aryl methyl sites for hydroxylation is 1. The van der Waals surface area contributed by atoms with Crippen LogP contribution in [-0.2, 0) is 18.4 Å². The fourth-order valence-corrected chi connectivity index (χ4v) is 1.76. The van der Waals surface area contributed by atoms with E-state index in [1.54, 1.807) is 18.5 Å². The van der Waals surface area contributed by atoms with E-state index in [2.05, 4.69) is 10.3 Å². The van der Waals surface area contributed by atoms with Gasteiger partial charge in [-0.1, -0.05) is 19.1 Å². The summed E-state index contributed by atoms with van der Waals surface area (Å²) in [7, 11) is 1.71. The first kappa shape index (κ1) is 12.3. The molecule has 0 atom stereocenters. The molecule has 0 unspecified atom stereocenters. The minimum absolute atomic E-state index is 0.0907. The predicted molar refractivity (Wildman–Crippen MR) is 69.1 cm³/mol. The highest BCUT2D eigenvalue weighted by Crippen LogP contribution is 2.08. The Labute approximate surface area is 104 Å². The van der Waals surface area contributed by atoms with Crippen LogP contribution >= 0.6 is 0 Å². The minimum Gasteiger partial charge on any atom is -0.350 e. The summed E-state index contributed by atoms with van der Waals surface area (Å²) in [5.74, 6) is -0.0907. The minimum atomic E-state index is -0.176. The highest BCUT2D eigenvalue weighted by atomic mass is 16.1. The number of benzene rings is 1. The third kappa shape index (κ3) is 2.25. The van der Waals surface area contributed by atoms with Crippen LogP contribution in [0.3, 0.4) is 0 Å². The normalized spacial score (nSPS) is 10.6. The number of hydrogen-bond acceptors (Lipinski definition) is 3. The molecule has 1 N–H and O–H groups in total. The molecule has 0 radical (unpaired) electrons. The van der Waals surface area contributed by atoms with Crippen molar-refractivity contribution in [1.82, 2.24) is 14.9 Å². The lowest BCUT2D eigenvalue weighted by Crippen LogP contribution is -2.30. The second-order valence-corrected chi connectivity index (χ2v) is 4.04. The van der Waals surface area contributed by atoms with Gasteiger partial charge in [0, 0.05) is 13.5 Å². The Morgan fingerprint density at radius 1 is 1.39 bits per heavy atom. The predicted octanol–water partition coefficient (Wildman–Crippen LogP) is 0.960. The standard InChI is InChI=1S/C13H15N3O2/c1-3-12(17)14-8-10-13(18)16(2)11-7-5-4-6-9(11)15-10/h4-7H,3,8H2,1-2H3,(H,14,17). The Hall–Kier alpha value is -2.17. The van der Waals surface area contributed by atoms with Crippen molar-refractivity contribution < 1.29 is 4.79 Å². The van der Waals surface area contributed by atoms with Crippen molar-refractivity contribution >= 4 is 16.9 Å². The average molecular weight is 245 g/mol. The maximum absolute atomic E-state index is 12.0. The molecular weight excluding hydrogens is 230 g/mol. The van der Waals surface area contributed by atoms with Crippen molar-refractivity contribution in [2.45, 2.75) is 19.9 Å². The first-order chi connectivity index (χ1) is 8.63. The van der Waals surface area contributed by atoms with E-state index in [9.17, 15) is 9.59 Å². The van der Waals surface area contributed by atoms with Gasteiger partial charge in [-0.2, -0.15) is 0 Å². The molecule has 5 heteroatoms. The van der Waals surface area contributed by atoms with Crippen LogP contribution in [0.25, 0.3) is 11.0 Å². The van der Waals surface area contributed by atoms with Gasteiger partial charge in [-0.05, 0) is 12.1 Å². The van der Waals surface area contributed by atoms with Gasteiger partial charge in [-0.3, -0.25) is 9.59 Å². The molecule has 0 aliphatic heterocycles. The van der Waals surface area contributed by atoms with Crippen LogP contribution in [0.4, 0.5) is 0 Å². The SMILES string of the molecule is CCC(=O)NCc1nc2ccccc2n(C)c1=O. The van der Waals surface area contributed by atoms with Gasteiger partial charge in [0.1, 0.15) is 5.69 Å². The van der Waals surface area contributed by atoms with Gasteiger partial charge in [0.15, 0.2) is 0 Å². The van der Waals surface area contributed by atoms with Crippen LogP contribution in [0.15, 0.2) is 29.1 Å². The van der Waals surface area contributed by atoms with E-state index in [1.165, 1.54) is 0 Å². The van der Waals surface area contributed by atoms with Gasteiger partial charge >= 0.3 is 0 Å². The molecule has 2 rings (SSSR count). The van der Waals surface area contributed by atoms with Crippen LogP contribution in [0.1, 0.15) is 19.0 Å². The number of para-hydroxylation sites is 2. The Bertz CT molecular complexity index is 646. The van der Waals surface area contributed by atoms with E-state index in [1.807, 2.05) is 24.3 Å². The van der Waals surface area contributed by atoms with Crippen molar-refractivity contribution in [2.75, 3.05) is 0 Å². The number of nitrogens with zero attached hydrogens (tertiary/aromatic N) is 2. The molecule has 94 valence electrons. The molecular formula is C13H15N3O2. The summed E-state index contributed by atoms with van der Waals surface area (Å²) in [6, 6.07) is 7.42. The summed E-state index contributed by atoms with van der Waals surface area (Å²) in [4.78, 5) is 27.5. The van der Waals surface area contributed by atoms with Gasteiger partial charge in [-0.25, -0.2) is 4.98 Å². The zero-order valence-corrected chi connectivity index (χ0v) is 10.4. The molecule has 0 saturated heterocycles. The van der Waals surface area contributed by atoms with E-state index in [0.717, 1.165) is 11.0 Å². The number of fused-ring (bicyclic) bond motifs is 1. The first-order valence-electron chi connectivity index (χ1n) is 5.85. The molecule has 1 aromatic carbocycles. The number of carbonyl (C=O) groups excluding carboxylic acids is 1. The zero-order chi connectivity index (χ0) is 13.1. The molecule has 0 spiro atoms. The summed E-state index contributed by atoms with van der Waals surface area (Å²) in [6.07, 6.45) is 0.397. The second-order valence-electron chi connectivity index (χ2n) is 4.04. The molecule has 2 aromatic rings. The van der Waals surface area contributed by atoms with Gasteiger partial charge in [-0.15, -0.1) is 0 Å². The van der Waals surface area contributed by atoms with Gasteiger partial charge in [0.2, 0.25) is 5.91 Å². The van der Waals surface area contributed by atoms with Crippen LogP contribution in [0.2, 0.25) is 0 Å². The average Bonchev–Trinajstić information content (AvgIpc) is 2.41. The number of amides is 1. The monoisotopic (exact) mass is 245 g/mol. The smallest absolute Gasteiger partial charge is 0.274 e. The molecule has 0 fully saturated rings. The van der Waals surface area contributed by atoms with Crippen molar-refractivity contribution in [3.8, 4) is 0 Å². The topological polar surface area (TPSA) is 64.0 Å². The summed E-state index contributed by atoms with van der Waals surface area (Å²) in [5.41, 5.74) is 1.72. The third-order valence-electron chi connectivity index (χ3n) is 2.82. The Morgan fingerprint density at radius 3 is 2.83 bits per heavy atom. The summed E-state index contributed by atoms with van der Waals surface area (Å²) < 4.78 is 1.55. The molecule has 1 aromatic heterocycles. The quantitative estimate of drug-likeness (QED) is 0.876. The maximum Gasteiger partial charge on any atom is 0.274 e. The Kier molecular flexibility index (Phi) is 3.41. The van der Waals surface area contributed by atoms with E-state index in [4.69, 9.17) is 0 Å². The first-order valence-corrected chi connectivity index (χ1v) is 5.85. The van der Waals surface area contributed by atoms with E-state index in [0.29, 0.717) is 12.1 Å². The molecule has 0 bridgehead atoms. The molecule has 1 heterocycles. The van der Waals surface area contributed by atoms with Crippen LogP contribution < -0.4 is 10.9 Å². The Balaban J connectivity index is 2.43. The number of nitrogens with one attached hydrogen (secondary N) is 1. The van der Waals surface area contributed by atoms with Crippen molar-refractivity contribution in [1.29, 1.82) is 0 Å². The lowest BCUT2D eigenvalue weighted by Gasteiger charge is -2.08. The fourth-order valence-electron chi connectivity index (χ4n) is 1.76. The van der Waals surface area contributed by atoms with Crippen molar-refractivity contribution in [2.24, 2.45) is 7.05 Å². The van der Waals surface area contributed by atoms with Crippen molar-refractivity contribution in [3.63, 3.8) is 0 Å². The maximum atomic E-state index is 12.0. The van der Waals surface area contributed by atoms with Gasteiger partial charge in [0.05, 0.1) is 17.6 Å². The second kappa shape index (κ2) is 5.00. The lowest BCUT2D eigenvalue weighted by atomic mass is 10.2. The summed E-state index contributed by atoms with van der Waals surface area (Å²) in [5, 5.41) is 2.67. The molecule has 1 amide bonds. The van der Waals surface area contributed by atoms with E-state index >= 15 is 0 Å². The largest absolute Gasteiger partial charge is 0.350 e. The van der Waals surface area contributed by atoms with Crippen molar-refractivity contribution in [3.05, 3.63) is 40.3 Å². The number of carbonyl (C=O) groups is 1. The van der Waals surface area contributed by atoms with E-state index in [-0.39, 0.29) is 18.0 Å². The van der Waals surface area contributed by atoms with E-state index < -0.39 is 0 Å². The van der Waals surface area contributed by atoms with Crippen LogP contribution in [-0.4, -0.2) is 15.5 Å². The highest BCUT2D eigenvalue weighted by molar-refractivity contribution is 5.76. The van der Waals surface area contributed by atoms with Gasteiger partial charge < -0.3 is 9.88 Å². The number of hydrogen-bond donors (Lipinski definition) is 1. The zero-order valence-electron chi connectivity index (χ0n) is 10.4. The summed E-state index contributed by atoms with van der Waals surface area (Å²) in [6.45, 7) is 1.94. The molecule has 0 aliphatic carbocycles. The summed E-state index contributed by atoms with van der Waals surface area (Å²) >= 11 is 0. The molecule has 18 heavy (non-hydrogen) atoms. The molecule has 0 saturated carbocycles. The van der Waals surface area contributed by atoms with Crippen LogP contribution in [0, 0.1) is 0 Å². The highest BCUT2D eigenvalue weighted by Gasteiger charge is 2.08. The number of aromatic nitrogens is 2. The lowest BCUT2D eigenvalue weighted by molar-refractivity contribution is -0.120. The third-order valence-corrected chi connectivity index (χ3v) is 2.82. The number of rotatable bonds is 3. The fraction of sp³-hybridized carbons (Fsp3) is 0.308. The molecule has 5 nitrogen and oxygen atoms in total.